The topological polar surface area (TPSA) is 254 Å². The molecule has 0 amide bonds. The van der Waals surface area contributed by atoms with Crippen LogP contribution in [-0.2, 0) is 48.2 Å². The summed E-state index contributed by atoms with van der Waals surface area (Å²) >= 11 is 0. The molecule has 0 saturated heterocycles. The molecular formula is C63H56O18. The van der Waals surface area contributed by atoms with Gasteiger partial charge in [0.25, 0.3) is 0 Å². The van der Waals surface area contributed by atoms with Gasteiger partial charge in [0.1, 0.15) is 63.9 Å². The first-order valence-electron chi connectivity index (χ1n) is 25.9. The second kappa shape index (κ2) is 24.7. The third-order valence-electron chi connectivity index (χ3n) is 14.2. The quantitative estimate of drug-likeness (QED) is 0.0178. The van der Waals surface area contributed by atoms with Crippen molar-refractivity contribution in [3.05, 3.63) is 190 Å². The fraction of sp³-hybridized carbons (Fsp3) is 0.254. The van der Waals surface area contributed by atoms with Crippen LogP contribution >= 0.6 is 0 Å². The molecule has 0 aliphatic heterocycles. The molecule has 6 aromatic rings. The van der Waals surface area contributed by atoms with Crippen molar-refractivity contribution in [3.63, 3.8) is 0 Å². The van der Waals surface area contributed by atoms with Gasteiger partial charge < -0.3 is 53.2 Å². The number of aliphatic hydroxyl groups is 1. The molecule has 416 valence electrons. The Kier molecular flexibility index (Phi) is 17.2. The van der Waals surface area contributed by atoms with E-state index >= 15 is 0 Å². The maximum Gasteiger partial charge on any atom is 0.339 e. The Morgan fingerprint density at radius 1 is 0.531 bits per heavy atom. The van der Waals surface area contributed by atoms with E-state index in [2.05, 4.69) is 30.8 Å². The summed E-state index contributed by atoms with van der Waals surface area (Å²) in [7, 11) is 1.42. The summed E-state index contributed by atoms with van der Waals surface area (Å²) in [5, 5.41) is 30.2. The smallest absolute Gasteiger partial charge is 0.339 e. The molecule has 0 radical (unpaired) electrons. The zero-order chi connectivity index (χ0) is 57.4. The number of aliphatic carboxylic acids is 1. The van der Waals surface area contributed by atoms with Crippen molar-refractivity contribution in [2.24, 2.45) is 11.8 Å². The number of allylic oxidation sites excluding steroid dienone is 2. The number of benzene rings is 6. The summed E-state index contributed by atoms with van der Waals surface area (Å²) in [6.45, 7) is 3.24. The Labute approximate surface area is 465 Å². The summed E-state index contributed by atoms with van der Waals surface area (Å²) in [5.74, 6) is -7.36. The Balaban J connectivity index is 0.945. The number of aliphatic hydroxyl groups excluding tert-OH is 1. The molecule has 0 bridgehead atoms. The Morgan fingerprint density at radius 3 is 1.57 bits per heavy atom. The highest BCUT2D eigenvalue weighted by molar-refractivity contribution is 6.06. The van der Waals surface area contributed by atoms with Crippen molar-refractivity contribution in [2.45, 2.75) is 31.3 Å². The minimum atomic E-state index is -1.43. The van der Waals surface area contributed by atoms with Gasteiger partial charge in [0, 0.05) is 12.7 Å². The second-order valence-electron chi connectivity index (χ2n) is 19.3. The van der Waals surface area contributed by atoms with Gasteiger partial charge in [-0.1, -0.05) is 91.5 Å². The van der Waals surface area contributed by atoms with Crippen molar-refractivity contribution >= 4 is 41.8 Å². The number of fused-ring (bicyclic) bond motifs is 10. The van der Waals surface area contributed by atoms with Crippen molar-refractivity contribution in [2.75, 3.05) is 60.0 Å². The van der Waals surface area contributed by atoms with E-state index in [0.29, 0.717) is 11.5 Å². The summed E-state index contributed by atoms with van der Waals surface area (Å²) in [6, 6.07) is 35.9. The van der Waals surface area contributed by atoms with Gasteiger partial charge in [-0.25, -0.2) is 24.0 Å². The van der Waals surface area contributed by atoms with E-state index in [1.165, 1.54) is 50.4 Å². The fourth-order valence-corrected chi connectivity index (χ4v) is 10.4. The molecule has 3 aliphatic rings. The number of carbonyl (C=O) groups is 7. The lowest BCUT2D eigenvalue weighted by Crippen LogP contribution is -2.33. The van der Waals surface area contributed by atoms with Gasteiger partial charge in [0.2, 0.25) is 0 Å². The van der Waals surface area contributed by atoms with E-state index in [9.17, 15) is 48.9 Å². The third kappa shape index (κ3) is 11.7. The van der Waals surface area contributed by atoms with Crippen LogP contribution in [0.25, 0.3) is 33.4 Å². The number of aromatic carboxylic acids is 1. The Hall–Kier alpha value is -9.39. The maximum absolute atomic E-state index is 14.1. The second-order valence-corrected chi connectivity index (χ2v) is 19.3. The predicted octanol–water partition coefficient (Wildman–Crippen LogP) is 8.66. The van der Waals surface area contributed by atoms with E-state index in [0.717, 1.165) is 44.5 Å². The lowest BCUT2D eigenvalue weighted by molar-refractivity contribution is -0.158. The Bertz CT molecular complexity index is 3490. The van der Waals surface area contributed by atoms with E-state index in [1.54, 1.807) is 12.2 Å². The van der Waals surface area contributed by atoms with Crippen molar-refractivity contribution in [1.82, 2.24) is 0 Å². The molecule has 0 fully saturated rings. The molecule has 18 nitrogen and oxygen atoms in total. The van der Waals surface area contributed by atoms with Crippen molar-refractivity contribution < 1.29 is 86.8 Å². The van der Waals surface area contributed by atoms with Crippen molar-refractivity contribution in [1.29, 1.82) is 0 Å². The number of hydrogen-bond acceptors (Lipinski definition) is 16. The van der Waals surface area contributed by atoms with Gasteiger partial charge in [-0.05, 0) is 124 Å². The number of carboxylic acid groups (broad SMARTS) is 2. The zero-order valence-electron chi connectivity index (χ0n) is 44.2. The largest absolute Gasteiger partial charge is 0.490 e. The van der Waals surface area contributed by atoms with Crippen LogP contribution in [0, 0.1) is 11.8 Å². The zero-order valence-corrected chi connectivity index (χ0v) is 44.2. The third-order valence-corrected chi connectivity index (χ3v) is 14.2. The van der Waals surface area contributed by atoms with Gasteiger partial charge in [0.05, 0.1) is 46.1 Å². The van der Waals surface area contributed by atoms with E-state index in [4.69, 9.17) is 37.9 Å². The lowest BCUT2D eigenvalue weighted by atomic mass is 9.70. The van der Waals surface area contributed by atoms with Crippen LogP contribution < -0.4 is 9.47 Å². The molecule has 18 heteroatoms. The highest BCUT2D eigenvalue weighted by Gasteiger charge is 2.52. The number of methoxy groups -OCH3 is 1. The van der Waals surface area contributed by atoms with E-state index in [1.807, 2.05) is 60.7 Å². The van der Waals surface area contributed by atoms with E-state index < -0.39 is 78.4 Å². The number of hydrogen-bond donors (Lipinski definition) is 3. The lowest BCUT2D eigenvalue weighted by Gasteiger charge is -2.30. The average Bonchev–Trinajstić information content (AvgIpc) is 3.49. The number of ether oxygens (including phenoxy) is 8. The molecule has 6 aromatic carbocycles. The first-order valence-corrected chi connectivity index (χ1v) is 25.9. The normalized spacial score (nSPS) is 16.4. The number of esters is 5. The van der Waals surface area contributed by atoms with Gasteiger partial charge in [-0.2, -0.15) is 0 Å². The molecule has 4 atom stereocenters. The molecule has 3 aliphatic carbocycles. The van der Waals surface area contributed by atoms with Crippen LogP contribution in [0.15, 0.2) is 146 Å². The Morgan fingerprint density at radius 2 is 1.01 bits per heavy atom. The predicted molar refractivity (Wildman–Crippen MR) is 291 cm³/mol. The van der Waals surface area contributed by atoms with Gasteiger partial charge in [-0.3, -0.25) is 9.59 Å². The molecule has 9 rings (SSSR count). The molecule has 4 unspecified atom stereocenters. The van der Waals surface area contributed by atoms with Crippen LogP contribution in [0.2, 0.25) is 0 Å². The average molecular weight is 1100 g/mol. The molecule has 3 N–H and O–H groups in total. The van der Waals surface area contributed by atoms with Gasteiger partial charge >= 0.3 is 41.8 Å². The first-order chi connectivity index (χ1) is 39.1. The molecule has 0 heterocycles. The number of carboxylic acids is 2. The number of rotatable bonds is 23. The highest BCUT2D eigenvalue weighted by Crippen LogP contribution is 2.63. The van der Waals surface area contributed by atoms with Crippen LogP contribution in [0.3, 0.4) is 0 Å². The van der Waals surface area contributed by atoms with Gasteiger partial charge in [-0.15, -0.1) is 0 Å². The molecule has 81 heavy (non-hydrogen) atoms. The van der Waals surface area contributed by atoms with E-state index in [-0.39, 0.29) is 91.4 Å². The fourth-order valence-electron chi connectivity index (χ4n) is 10.4. The van der Waals surface area contributed by atoms with Crippen LogP contribution in [0.1, 0.15) is 83.5 Å². The minimum Gasteiger partial charge on any atom is -0.490 e. The highest BCUT2D eigenvalue weighted by atomic mass is 16.6. The summed E-state index contributed by atoms with van der Waals surface area (Å²) in [6.07, 6.45) is 2.68. The summed E-state index contributed by atoms with van der Waals surface area (Å²) < 4.78 is 44.1. The first kappa shape index (κ1) is 56.3. The minimum absolute atomic E-state index is 0.0228. The molecular weight excluding hydrogens is 1040 g/mol. The van der Waals surface area contributed by atoms with Crippen molar-refractivity contribution in [3.8, 4) is 44.9 Å². The maximum atomic E-state index is 14.1. The van der Waals surface area contributed by atoms with Crippen LogP contribution in [0.5, 0.6) is 11.5 Å². The monoisotopic (exact) mass is 1100 g/mol. The van der Waals surface area contributed by atoms with Gasteiger partial charge in [0.15, 0.2) is 0 Å². The SMILES string of the molecule is C=C(C)C(=O)OCC(O)COC(=O)c1ccc(-c2ccc(C(=O)OCCOC)c(C(=O)O)c2)cc1C(=O)OCCOc1ccc2c(c1)C1(c3ccccc3-2)c2ccccc2-c2ccc(OCCOC(=O)C3CC=CCC3C(=O)O)cc21. The van der Waals surface area contributed by atoms with Crippen LogP contribution in [-0.4, -0.2) is 123 Å². The summed E-state index contributed by atoms with van der Waals surface area (Å²) in [5.41, 5.74) is 6.53. The molecule has 0 aromatic heterocycles. The molecule has 0 saturated carbocycles. The van der Waals surface area contributed by atoms with Crippen LogP contribution in [0.4, 0.5) is 0 Å². The molecule has 1 spiro atoms. The number of carbonyl (C=O) groups excluding carboxylic acids is 5. The summed E-state index contributed by atoms with van der Waals surface area (Å²) in [4.78, 5) is 89.6. The standard InChI is InChI=1S/C63H56O18/c1-36(2)58(69)80-34-39(64)35-81-61(72)49-21-17-38(37-16-20-48(50(30-37)57(67)68)60(71)77-25-24-74-3)31-51(49)62(73)79-29-27-76-41-19-23-45-43-11-7-9-15-53(43)63(55(45)33-41)52-14-8-6-10-42(52)44-22-18-40(32-54(44)63)75-26-28-78-59(70)47-13-5-4-12-46(47)56(65)66/h4-11,14-23,30-33,39,46-47,64H,1,12-13,24-29,34-35H2,2-3H3,(H,65,66)(H,67,68).